The number of hydrogen-bond donors (Lipinski definition) is 2. The molecule has 26 heavy (non-hydrogen) atoms. The van der Waals surface area contributed by atoms with Crippen molar-refractivity contribution in [1.29, 1.82) is 0 Å². The number of hydrogen-bond acceptors (Lipinski definition) is 5. The highest BCUT2D eigenvalue weighted by molar-refractivity contribution is 7.55. The second kappa shape index (κ2) is 6.88. The molecule has 0 bridgehead atoms. The van der Waals surface area contributed by atoms with E-state index in [9.17, 15) is 4.57 Å². The van der Waals surface area contributed by atoms with Crippen LogP contribution in [0.25, 0.3) is 10.8 Å². The smallest absolute Gasteiger partial charge is 0.336 e. The van der Waals surface area contributed by atoms with Crippen LogP contribution in [-0.4, -0.2) is 24.0 Å². The van der Waals surface area contributed by atoms with Gasteiger partial charge in [-0.2, -0.15) is 0 Å². The van der Waals surface area contributed by atoms with Crippen molar-refractivity contribution >= 4 is 29.7 Å². The molecule has 1 heterocycles. The molecule has 1 aliphatic rings. The quantitative estimate of drug-likeness (QED) is 0.596. The van der Waals surface area contributed by atoms with E-state index < -0.39 is 18.4 Å². The van der Waals surface area contributed by atoms with Crippen LogP contribution in [0.2, 0.25) is 0 Å². The summed E-state index contributed by atoms with van der Waals surface area (Å²) in [6.45, 7) is 10.4. The van der Waals surface area contributed by atoms with Gasteiger partial charge in [-0.05, 0) is 52.1 Å². The highest BCUT2D eigenvalue weighted by Gasteiger charge is 2.48. The van der Waals surface area contributed by atoms with E-state index >= 15 is 0 Å². The minimum Gasteiger partial charge on any atom is -0.362 e. The van der Waals surface area contributed by atoms with Crippen LogP contribution in [-0.2, 0) is 13.6 Å². The largest absolute Gasteiger partial charge is 0.362 e. The Morgan fingerprint density at radius 3 is 1.96 bits per heavy atom. The van der Waals surface area contributed by atoms with Crippen LogP contribution in [0, 0.1) is 0 Å². The molecule has 0 fully saturated rings. The third kappa shape index (κ3) is 3.36. The first kappa shape index (κ1) is 19.2. The van der Waals surface area contributed by atoms with Gasteiger partial charge in [0.25, 0.3) is 0 Å². The van der Waals surface area contributed by atoms with E-state index in [4.69, 9.17) is 9.05 Å². The SMILES string of the molecule is CCOP(=O)(OCC)C(C)(C)CC1(C)Nc2cccc3cccc(c23)N1. The molecule has 0 aromatic heterocycles. The summed E-state index contributed by atoms with van der Waals surface area (Å²) in [5.41, 5.74) is 1.69. The highest BCUT2D eigenvalue weighted by atomic mass is 31.2. The van der Waals surface area contributed by atoms with E-state index in [2.05, 4.69) is 54.0 Å². The van der Waals surface area contributed by atoms with Crippen LogP contribution in [0.4, 0.5) is 11.4 Å². The average molecular weight is 376 g/mol. The molecule has 2 aromatic rings. The van der Waals surface area contributed by atoms with Crippen LogP contribution in [0.15, 0.2) is 36.4 Å². The Balaban J connectivity index is 1.94. The van der Waals surface area contributed by atoms with Gasteiger partial charge >= 0.3 is 7.60 Å². The van der Waals surface area contributed by atoms with Crippen molar-refractivity contribution in [2.24, 2.45) is 0 Å². The topological polar surface area (TPSA) is 59.6 Å². The van der Waals surface area contributed by atoms with Gasteiger partial charge in [-0.1, -0.05) is 24.3 Å². The molecule has 0 radical (unpaired) electrons. The van der Waals surface area contributed by atoms with Gasteiger partial charge in [0.1, 0.15) is 5.66 Å². The van der Waals surface area contributed by atoms with Gasteiger partial charge in [0, 0.05) is 23.2 Å². The molecule has 5 nitrogen and oxygen atoms in total. The summed E-state index contributed by atoms with van der Waals surface area (Å²) >= 11 is 0. The summed E-state index contributed by atoms with van der Waals surface area (Å²) in [6.07, 6.45) is 0.571. The lowest BCUT2D eigenvalue weighted by atomic mass is 9.93. The van der Waals surface area contributed by atoms with E-state index in [1.165, 1.54) is 10.8 Å². The standard InChI is InChI=1S/C20H29N2O3P/c1-6-24-26(23,25-7-2)19(3,4)14-20(5)21-16-12-8-10-15-11-9-13-17(22-20)18(15)16/h8-13,21-22H,6-7,14H2,1-5H3. The first-order valence-corrected chi connectivity index (χ1v) is 10.8. The monoisotopic (exact) mass is 376 g/mol. The molecule has 142 valence electrons. The molecule has 3 rings (SSSR count). The van der Waals surface area contributed by atoms with Crippen LogP contribution in [0.1, 0.15) is 41.0 Å². The third-order valence-corrected chi connectivity index (χ3v) is 7.69. The lowest BCUT2D eigenvalue weighted by Crippen LogP contribution is -2.50. The van der Waals surface area contributed by atoms with Gasteiger partial charge in [-0.25, -0.2) is 0 Å². The molecule has 0 amide bonds. The Morgan fingerprint density at radius 1 is 1.00 bits per heavy atom. The fourth-order valence-corrected chi connectivity index (χ4v) is 5.92. The minimum absolute atomic E-state index is 0.362. The van der Waals surface area contributed by atoms with E-state index in [-0.39, 0.29) is 0 Å². The van der Waals surface area contributed by atoms with Crippen molar-refractivity contribution in [3.05, 3.63) is 36.4 Å². The molecule has 6 heteroatoms. The van der Waals surface area contributed by atoms with Crippen LogP contribution in [0.3, 0.4) is 0 Å². The average Bonchev–Trinajstić information content (AvgIpc) is 2.54. The molecule has 2 aromatic carbocycles. The fraction of sp³-hybridized carbons (Fsp3) is 0.500. The molecule has 0 atom stereocenters. The lowest BCUT2D eigenvalue weighted by Gasteiger charge is -2.44. The summed E-state index contributed by atoms with van der Waals surface area (Å²) in [6, 6.07) is 12.5. The van der Waals surface area contributed by atoms with Crippen molar-refractivity contribution in [1.82, 2.24) is 0 Å². The van der Waals surface area contributed by atoms with Crippen molar-refractivity contribution < 1.29 is 13.6 Å². The van der Waals surface area contributed by atoms with Crippen molar-refractivity contribution in [3.8, 4) is 0 Å². The Kier molecular flexibility index (Phi) is 5.08. The molecule has 0 unspecified atom stereocenters. The Labute approximate surface area is 156 Å². The minimum atomic E-state index is -3.25. The highest BCUT2D eigenvalue weighted by Crippen LogP contribution is 2.62. The first-order chi connectivity index (χ1) is 12.2. The van der Waals surface area contributed by atoms with Gasteiger partial charge in [-0.3, -0.25) is 4.57 Å². The third-order valence-electron chi connectivity index (χ3n) is 4.85. The molecular formula is C20H29N2O3P. The van der Waals surface area contributed by atoms with Gasteiger partial charge < -0.3 is 19.7 Å². The van der Waals surface area contributed by atoms with Gasteiger partial charge in [0.15, 0.2) is 0 Å². The van der Waals surface area contributed by atoms with Crippen LogP contribution >= 0.6 is 7.60 Å². The first-order valence-electron chi connectivity index (χ1n) is 9.21. The molecule has 0 saturated heterocycles. The molecule has 0 aliphatic carbocycles. The van der Waals surface area contributed by atoms with Crippen molar-refractivity contribution in [3.63, 3.8) is 0 Å². The Bertz CT molecular complexity index is 799. The summed E-state index contributed by atoms with van der Waals surface area (Å²) in [5, 5.41) is 8.93. The second-order valence-electron chi connectivity index (χ2n) is 7.61. The zero-order valence-electron chi connectivity index (χ0n) is 16.3. The number of benzene rings is 2. The molecule has 0 saturated carbocycles. The second-order valence-corrected chi connectivity index (χ2v) is 10.3. The zero-order chi connectivity index (χ0) is 19.0. The molecule has 2 N–H and O–H groups in total. The predicted octanol–water partition coefficient (Wildman–Crippen LogP) is 5.83. The maximum atomic E-state index is 13.4. The van der Waals surface area contributed by atoms with E-state index in [0.29, 0.717) is 19.6 Å². The Hall–Kier alpha value is -1.55. The molecule has 0 spiro atoms. The number of nitrogens with one attached hydrogen (secondary N) is 2. The predicted molar refractivity (Wildman–Crippen MR) is 109 cm³/mol. The summed E-state index contributed by atoms with van der Waals surface area (Å²) < 4.78 is 24.6. The Morgan fingerprint density at radius 2 is 1.50 bits per heavy atom. The van der Waals surface area contributed by atoms with Crippen molar-refractivity contribution in [2.75, 3.05) is 23.8 Å². The lowest BCUT2D eigenvalue weighted by molar-refractivity contribution is 0.194. The van der Waals surface area contributed by atoms with Gasteiger partial charge in [-0.15, -0.1) is 0 Å². The summed E-state index contributed by atoms with van der Waals surface area (Å²) in [5.74, 6) is 0. The van der Waals surface area contributed by atoms with E-state index in [0.717, 1.165) is 11.4 Å². The molecule has 1 aliphatic heterocycles. The summed E-state index contributed by atoms with van der Waals surface area (Å²) in [7, 11) is -3.25. The fourth-order valence-electron chi connectivity index (χ4n) is 3.95. The maximum absolute atomic E-state index is 13.4. The van der Waals surface area contributed by atoms with Crippen LogP contribution in [0.5, 0.6) is 0 Å². The summed E-state index contributed by atoms with van der Waals surface area (Å²) in [4.78, 5) is 0. The van der Waals surface area contributed by atoms with Gasteiger partial charge in [0.2, 0.25) is 0 Å². The van der Waals surface area contributed by atoms with E-state index in [1.807, 2.05) is 27.7 Å². The zero-order valence-corrected chi connectivity index (χ0v) is 17.2. The number of anilines is 2. The van der Waals surface area contributed by atoms with Crippen LogP contribution < -0.4 is 10.6 Å². The van der Waals surface area contributed by atoms with Gasteiger partial charge in [0.05, 0.1) is 18.4 Å². The maximum Gasteiger partial charge on any atom is 0.336 e. The number of rotatable bonds is 7. The van der Waals surface area contributed by atoms with E-state index in [1.54, 1.807) is 0 Å². The molecular weight excluding hydrogens is 347 g/mol. The normalized spacial score (nSPS) is 16.2. The van der Waals surface area contributed by atoms with Crippen molar-refractivity contribution in [2.45, 2.75) is 51.9 Å².